The average molecular weight is 349 g/mol. The minimum absolute atomic E-state index is 0.413. The van der Waals surface area contributed by atoms with E-state index in [1.54, 1.807) is 0 Å². The number of rotatable bonds is 6. The topological polar surface area (TPSA) is 15.3 Å². The lowest BCUT2D eigenvalue weighted by Gasteiger charge is -2.45. The second-order valence-corrected chi connectivity index (χ2v) is 8.17. The predicted molar refractivity (Wildman–Crippen MR) is 109 cm³/mol. The molecule has 1 atom stereocenters. The summed E-state index contributed by atoms with van der Waals surface area (Å²) in [6.07, 6.45) is 7.03. The van der Waals surface area contributed by atoms with Gasteiger partial charge in [-0.25, -0.2) is 0 Å². The summed E-state index contributed by atoms with van der Waals surface area (Å²) < 4.78 is 0. The van der Waals surface area contributed by atoms with Gasteiger partial charge < -0.3 is 5.32 Å². The van der Waals surface area contributed by atoms with Crippen molar-refractivity contribution in [3.8, 4) is 0 Å². The Bertz CT molecular complexity index is 601. The maximum Gasteiger partial charge on any atom is 0.0602 e. The fourth-order valence-corrected chi connectivity index (χ4v) is 4.74. The van der Waals surface area contributed by atoms with E-state index in [4.69, 9.17) is 0 Å². The van der Waals surface area contributed by atoms with Gasteiger partial charge in [0.05, 0.1) is 6.04 Å². The van der Waals surface area contributed by atoms with Crippen molar-refractivity contribution >= 4 is 0 Å². The first-order valence-electron chi connectivity index (χ1n) is 10.4. The Morgan fingerprint density at radius 1 is 0.769 bits per heavy atom. The number of hydrogen-bond donors (Lipinski definition) is 1. The van der Waals surface area contributed by atoms with Crippen LogP contribution in [0.1, 0.15) is 49.3 Å². The van der Waals surface area contributed by atoms with Gasteiger partial charge in [0.15, 0.2) is 0 Å². The van der Waals surface area contributed by atoms with E-state index in [1.807, 2.05) is 0 Å². The van der Waals surface area contributed by atoms with Crippen molar-refractivity contribution in [3.05, 3.63) is 71.8 Å². The van der Waals surface area contributed by atoms with Gasteiger partial charge in [0, 0.05) is 13.1 Å². The molecule has 2 aliphatic rings. The molecular formula is C24H32N2. The maximum absolute atomic E-state index is 3.54. The van der Waals surface area contributed by atoms with Gasteiger partial charge in [-0.3, -0.25) is 4.90 Å². The van der Waals surface area contributed by atoms with E-state index in [-0.39, 0.29) is 0 Å². The van der Waals surface area contributed by atoms with E-state index in [2.05, 4.69) is 70.9 Å². The minimum Gasteiger partial charge on any atom is -0.317 e. The molecule has 2 heterocycles. The predicted octanol–water partition coefficient (Wildman–Crippen LogP) is 4.88. The Kier molecular flexibility index (Phi) is 6.03. The van der Waals surface area contributed by atoms with E-state index in [0.717, 1.165) is 11.8 Å². The lowest BCUT2D eigenvalue weighted by molar-refractivity contribution is 0.0590. The van der Waals surface area contributed by atoms with E-state index < -0.39 is 0 Å². The van der Waals surface area contributed by atoms with Gasteiger partial charge in [0.25, 0.3) is 0 Å². The molecule has 2 heteroatoms. The normalized spacial score (nSPS) is 22.1. The fourth-order valence-electron chi connectivity index (χ4n) is 4.74. The van der Waals surface area contributed by atoms with Crippen LogP contribution in [-0.2, 0) is 0 Å². The van der Waals surface area contributed by atoms with Crippen molar-refractivity contribution < 1.29 is 0 Å². The second kappa shape index (κ2) is 8.83. The number of benzene rings is 2. The molecule has 2 saturated heterocycles. The van der Waals surface area contributed by atoms with Crippen LogP contribution in [0.25, 0.3) is 0 Å². The van der Waals surface area contributed by atoms with Gasteiger partial charge in [0.1, 0.15) is 0 Å². The summed E-state index contributed by atoms with van der Waals surface area (Å²) in [4.78, 5) is 2.67. The number of hydrogen-bond acceptors (Lipinski definition) is 2. The highest BCUT2D eigenvalue weighted by Gasteiger charge is 2.33. The Hall–Kier alpha value is -1.64. The standard InChI is InChI=1S/C24H32N2/c1-3-9-22(10-4-1)24(23-11-5-2-6-12-23)26-18-21(19-26)14-13-20-8-7-16-25-17-15-20/h1-6,9-12,20-21,24-25H,7-8,13-19H2. The van der Waals surface area contributed by atoms with E-state index >= 15 is 0 Å². The van der Waals surface area contributed by atoms with Crippen LogP contribution in [0, 0.1) is 11.8 Å². The third-order valence-electron chi connectivity index (χ3n) is 6.26. The monoisotopic (exact) mass is 348 g/mol. The first-order valence-corrected chi connectivity index (χ1v) is 10.4. The quantitative estimate of drug-likeness (QED) is 0.800. The van der Waals surface area contributed by atoms with Crippen LogP contribution in [0.15, 0.2) is 60.7 Å². The molecule has 0 spiro atoms. The van der Waals surface area contributed by atoms with Crippen molar-refractivity contribution in [2.24, 2.45) is 11.8 Å². The highest BCUT2D eigenvalue weighted by molar-refractivity contribution is 5.32. The van der Waals surface area contributed by atoms with E-state index in [1.165, 1.54) is 69.4 Å². The Morgan fingerprint density at radius 3 is 2.04 bits per heavy atom. The molecular weight excluding hydrogens is 316 g/mol. The molecule has 138 valence electrons. The zero-order valence-electron chi connectivity index (χ0n) is 15.8. The van der Waals surface area contributed by atoms with Crippen LogP contribution in [0.2, 0.25) is 0 Å². The fraction of sp³-hybridized carbons (Fsp3) is 0.500. The van der Waals surface area contributed by atoms with Crippen molar-refractivity contribution in [2.45, 2.75) is 38.1 Å². The van der Waals surface area contributed by atoms with E-state index in [0.29, 0.717) is 6.04 Å². The lowest BCUT2D eigenvalue weighted by atomic mass is 9.85. The first-order chi connectivity index (χ1) is 12.9. The molecule has 26 heavy (non-hydrogen) atoms. The summed E-state index contributed by atoms with van der Waals surface area (Å²) in [6.45, 7) is 4.95. The second-order valence-electron chi connectivity index (χ2n) is 8.17. The maximum atomic E-state index is 3.54. The van der Waals surface area contributed by atoms with Crippen molar-refractivity contribution in [3.63, 3.8) is 0 Å². The molecule has 2 aromatic rings. The third-order valence-corrected chi connectivity index (χ3v) is 6.26. The summed E-state index contributed by atoms with van der Waals surface area (Å²) in [7, 11) is 0. The van der Waals surface area contributed by atoms with Crippen LogP contribution in [0.4, 0.5) is 0 Å². The van der Waals surface area contributed by atoms with Crippen molar-refractivity contribution in [1.29, 1.82) is 0 Å². The summed E-state index contributed by atoms with van der Waals surface area (Å²) in [5.74, 6) is 1.85. The molecule has 0 aliphatic carbocycles. The molecule has 2 aromatic carbocycles. The third kappa shape index (κ3) is 4.36. The van der Waals surface area contributed by atoms with Crippen LogP contribution in [0.3, 0.4) is 0 Å². The number of nitrogens with zero attached hydrogens (tertiary/aromatic N) is 1. The molecule has 0 amide bonds. The highest BCUT2D eigenvalue weighted by Crippen LogP contribution is 2.36. The van der Waals surface area contributed by atoms with Crippen LogP contribution < -0.4 is 5.32 Å². The van der Waals surface area contributed by atoms with Crippen LogP contribution >= 0.6 is 0 Å². The largest absolute Gasteiger partial charge is 0.317 e. The summed E-state index contributed by atoms with van der Waals surface area (Å²) in [5.41, 5.74) is 2.85. The van der Waals surface area contributed by atoms with Crippen molar-refractivity contribution in [2.75, 3.05) is 26.2 Å². The Morgan fingerprint density at radius 2 is 1.38 bits per heavy atom. The highest BCUT2D eigenvalue weighted by atomic mass is 15.2. The molecule has 0 aromatic heterocycles. The Balaban J connectivity index is 1.35. The smallest absolute Gasteiger partial charge is 0.0602 e. The summed E-state index contributed by atoms with van der Waals surface area (Å²) in [5, 5.41) is 3.54. The van der Waals surface area contributed by atoms with Gasteiger partial charge in [-0.2, -0.15) is 0 Å². The lowest BCUT2D eigenvalue weighted by Crippen LogP contribution is -2.48. The molecule has 0 bridgehead atoms. The van der Waals surface area contributed by atoms with Crippen LogP contribution in [-0.4, -0.2) is 31.1 Å². The van der Waals surface area contributed by atoms with Gasteiger partial charge >= 0.3 is 0 Å². The molecule has 2 nitrogen and oxygen atoms in total. The summed E-state index contributed by atoms with van der Waals surface area (Å²) in [6, 6.07) is 22.4. The number of likely N-dealkylation sites (tertiary alicyclic amines) is 1. The SMILES string of the molecule is c1ccc(C(c2ccccc2)N2CC(CCC3CCCNCC3)C2)cc1. The van der Waals surface area contributed by atoms with Gasteiger partial charge in [0.2, 0.25) is 0 Å². The molecule has 0 radical (unpaired) electrons. The molecule has 1 unspecified atom stereocenters. The van der Waals surface area contributed by atoms with Crippen molar-refractivity contribution in [1.82, 2.24) is 10.2 Å². The zero-order valence-corrected chi connectivity index (χ0v) is 15.8. The van der Waals surface area contributed by atoms with Gasteiger partial charge in [-0.15, -0.1) is 0 Å². The average Bonchev–Trinajstić information content (AvgIpc) is 2.94. The van der Waals surface area contributed by atoms with Gasteiger partial charge in [-0.1, -0.05) is 67.1 Å². The molecule has 1 N–H and O–H groups in total. The molecule has 4 rings (SSSR count). The van der Waals surface area contributed by atoms with Crippen LogP contribution in [0.5, 0.6) is 0 Å². The molecule has 2 fully saturated rings. The Labute approximate surface area is 158 Å². The first kappa shape index (κ1) is 17.8. The molecule has 2 aliphatic heterocycles. The number of nitrogens with one attached hydrogen (secondary N) is 1. The molecule has 0 saturated carbocycles. The summed E-state index contributed by atoms with van der Waals surface area (Å²) >= 11 is 0. The zero-order chi connectivity index (χ0) is 17.6. The minimum atomic E-state index is 0.413. The van der Waals surface area contributed by atoms with Gasteiger partial charge in [-0.05, 0) is 61.7 Å². The van der Waals surface area contributed by atoms with E-state index in [9.17, 15) is 0 Å².